The molecule has 1 aliphatic carbocycles. The Bertz CT molecular complexity index is 783. The lowest BCUT2D eigenvalue weighted by Crippen LogP contribution is -2.45. The van der Waals surface area contributed by atoms with Crippen LogP contribution < -0.4 is 5.32 Å². The second-order valence-electron chi connectivity index (χ2n) is 7.72. The number of aromatic amines is 1. The molecular formula is C22H30N2O3. The van der Waals surface area contributed by atoms with Crippen LogP contribution in [0.5, 0.6) is 0 Å². The van der Waals surface area contributed by atoms with Gasteiger partial charge in [0.1, 0.15) is 0 Å². The molecule has 1 fully saturated rings. The lowest BCUT2D eigenvalue weighted by Gasteiger charge is -2.30. The van der Waals surface area contributed by atoms with Crippen molar-refractivity contribution in [2.75, 3.05) is 0 Å². The maximum Gasteiger partial charge on any atom is 0.306 e. The SMILES string of the molecule is C[C@@H](OC(=O)CCCc1c[nH]c2ccccc12)C(=O)N[C@@H]1CCCC[C@@H]1C. The monoisotopic (exact) mass is 370 g/mol. The first kappa shape index (κ1) is 19.5. The van der Waals surface area contributed by atoms with E-state index in [4.69, 9.17) is 4.74 Å². The Morgan fingerprint density at radius 1 is 1.26 bits per heavy atom. The van der Waals surface area contributed by atoms with Gasteiger partial charge in [-0.1, -0.05) is 38.0 Å². The van der Waals surface area contributed by atoms with E-state index in [1.807, 2.05) is 24.4 Å². The molecule has 1 aliphatic rings. The fourth-order valence-corrected chi connectivity index (χ4v) is 3.90. The molecule has 0 spiro atoms. The number of amides is 1. The Hall–Kier alpha value is -2.30. The third-order valence-corrected chi connectivity index (χ3v) is 5.62. The molecule has 3 atom stereocenters. The van der Waals surface area contributed by atoms with Crippen molar-refractivity contribution in [3.05, 3.63) is 36.0 Å². The molecule has 0 unspecified atom stereocenters. The summed E-state index contributed by atoms with van der Waals surface area (Å²) < 4.78 is 5.34. The van der Waals surface area contributed by atoms with Gasteiger partial charge in [0.25, 0.3) is 5.91 Å². The van der Waals surface area contributed by atoms with Crippen molar-refractivity contribution >= 4 is 22.8 Å². The Morgan fingerprint density at radius 3 is 2.85 bits per heavy atom. The highest BCUT2D eigenvalue weighted by Gasteiger charge is 2.26. The highest BCUT2D eigenvalue weighted by Crippen LogP contribution is 2.24. The van der Waals surface area contributed by atoms with Crippen LogP contribution in [-0.2, 0) is 20.7 Å². The van der Waals surface area contributed by atoms with E-state index in [1.54, 1.807) is 6.92 Å². The summed E-state index contributed by atoms with van der Waals surface area (Å²) in [5.41, 5.74) is 2.31. The zero-order chi connectivity index (χ0) is 19.2. The Balaban J connectivity index is 1.41. The van der Waals surface area contributed by atoms with E-state index >= 15 is 0 Å². The van der Waals surface area contributed by atoms with Gasteiger partial charge < -0.3 is 15.0 Å². The third kappa shape index (κ3) is 5.12. The van der Waals surface area contributed by atoms with Crippen LogP contribution >= 0.6 is 0 Å². The minimum absolute atomic E-state index is 0.182. The molecular weight excluding hydrogens is 340 g/mol. The molecule has 0 bridgehead atoms. The summed E-state index contributed by atoms with van der Waals surface area (Å²) in [7, 11) is 0. The van der Waals surface area contributed by atoms with Crippen molar-refractivity contribution < 1.29 is 14.3 Å². The van der Waals surface area contributed by atoms with Gasteiger partial charge in [0.15, 0.2) is 6.10 Å². The molecule has 1 aromatic heterocycles. The molecule has 1 heterocycles. The fraction of sp³-hybridized carbons (Fsp3) is 0.545. The maximum atomic E-state index is 12.3. The Labute approximate surface area is 160 Å². The molecule has 5 nitrogen and oxygen atoms in total. The number of ether oxygens (including phenoxy) is 1. The summed E-state index contributed by atoms with van der Waals surface area (Å²) in [6, 6.07) is 8.34. The molecule has 2 N–H and O–H groups in total. The maximum absolute atomic E-state index is 12.3. The number of para-hydroxylation sites is 1. The molecule has 0 aliphatic heterocycles. The average Bonchev–Trinajstić information content (AvgIpc) is 3.07. The Morgan fingerprint density at radius 2 is 2.04 bits per heavy atom. The number of carbonyl (C=O) groups excluding carboxylic acids is 2. The number of rotatable bonds is 7. The number of hydrogen-bond acceptors (Lipinski definition) is 3. The molecule has 0 saturated heterocycles. The number of benzene rings is 1. The van der Waals surface area contributed by atoms with E-state index in [0.29, 0.717) is 18.8 Å². The van der Waals surface area contributed by atoms with Crippen LogP contribution in [0.15, 0.2) is 30.5 Å². The summed E-state index contributed by atoms with van der Waals surface area (Å²) >= 11 is 0. The minimum atomic E-state index is -0.736. The zero-order valence-electron chi connectivity index (χ0n) is 16.3. The van der Waals surface area contributed by atoms with Crippen molar-refractivity contribution in [1.82, 2.24) is 10.3 Å². The Kier molecular flexibility index (Phi) is 6.54. The summed E-state index contributed by atoms with van der Waals surface area (Å²) in [6.45, 7) is 3.83. The highest BCUT2D eigenvalue weighted by molar-refractivity contribution is 5.84. The quantitative estimate of drug-likeness (QED) is 0.720. The van der Waals surface area contributed by atoms with Crippen LogP contribution in [0, 0.1) is 5.92 Å². The molecule has 27 heavy (non-hydrogen) atoms. The lowest BCUT2D eigenvalue weighted by molar-refractivity contribution is -0.155. The number of carbonyl (C=O) groups is 2. The third-order valence-electron chi connectivity index (χ3n) is 5.62. The molecule has 1 aromatic carbocycles. The van der Waals surface area contributed by atoms with Gasteiger partial charge in [-0.05, 0) is 50.2 Å². The first-order chi connectivity index (χ1) is 13.0. The van der Waals surface area contributed by atoms with E-state index in [-0.39, 0.29) is 17.9 Å². The zero-order valence-corrected chi connectivity index (χ0v) is 16.3. The fourth-order valence-electron chi connectivity index (χ4n) is 3.90. The number of esters is 1. The summed E-state index contributed by atoms with van der Waals surface area (Å²) in [5.74, 6) is -0.00492. The lowest BCUT2D eigenvalue weighted by atomic mass is 9.86. The first-order valence-corrected chi connectivity index (χ1v) is 10.1. The van der Waals surface area contributed by atoms with Crippen LogP contribution in [-0.4, -0.2) is 29.0 Å². The van der Waals surface area contributed by atoms with Crippen molar-refractivity contribution in [3.63, 3.8) is 0 Å². The van der Waals surface area contributed by atoms with E-state index in [1.165, 1.54) is 17.4 Å². The number of aryl methyl sites for hydroxylation is 1. The molecule has 146 valence electrons. The molecule has 3 rings (SSSR count). The number of H-pyrrole nitrogens is 1. The number of hydrogen-bond donors (Lipinski definition) is 2. The second kappa shape index (κ2) is 9.07. The van der Waals surface area contributed by atoms with Crippen molar-refractivity contribution in [1.29, 1.82) is 0 Å². The van der Waals surface area contributed by atoms with Crippen LogP contribution in [0.1, 0.15) is 57.9 Å². The van der Waals surface area contributed by atoms with Gasteiger partial charge in [0.2, 0.25) is 0 Å². The van der Waals surface area contributed by atoms with Gasteiger partial charge in [0, 0.05) is 29.6 Å². The minimum Gasteiger partial charge on any atom is -0.453 e. The average molecular weight is 370 g/mol. The van der Waals surface area contributed by atoms with Crippen LogP contribution in [0.2, 0.25) is 0 Å². The van der Waals surface area contributed by atoms with Gasteiger partial charge in [-0.25, -0.2) is 0 Å². The predicted molar refractivity (Wildman–Crippen MR) is 106 cm³/mol. The van der Waals surface area contributed by atoms with Crippen molar-refractivity contribution in [2.45, 2.75) is 70.9 Å². The van der Waals surface area contributed by atoms with Crippen LogP contribution in [0.25, 0.3) is 10.9 Å². The van der Waals surface area contributed by atoms with E-state index in [2.05, 4.69) is 23.3 Å². The van der Waals surface area contributed by atoms with Crippen molar-refractivity contribution in [2.24, 2.45) is 5.92 Å². The largest absolute Gasteiger partial charge is 0.453 e. The normalized spacial score (nSPS) is 21.0. The number of fused-ring (bicyclic) bond motifs is 1. The van der Waals surface area contributed by atoms with Crippen LogP contribution in [0.3, 0.4) is 0 Å². The van der Waals surface area contributed by atoms with Crippen molar-refractivity contribution in [3.8, 4) is 0 Å². The topological polar surface area (TPSA) is 71.2 Å². The molecule has 1 saturated carbocycles. The summed E-state index contributed by atoms with van der Waals surface area (Å²) in [4.78, 5) is 27.6. The standard InChI is InChI=1S/C22H30N2O3/c1-15-8-3-5-11-19(15)24-22(26)16(2)27-21(25)13-7-9-17-14-23-20-12-6-4-10-18(17)20/h4,6,10,12,14-16,19,23H,3,5,7-9,11,13H2,1-2H3,(H,24,26)/t15-,16+,19+/m0/s1. The smallest absolute Gasteiger partial charge is 0.306 e. The molecule has 5 heteroatoms. The number of nitrogens with one attached hydrogen (secondary N) is 2. The van der Waals surface area contributed by atoms with E-state index in [0.717, 1.165) is 31.2 Å². The van der Waals surface area contributed by atoms with E-state index < -0.39 is 6.10 Å². The summed E-state index contributed by atoms with van der Waals surface area (Å²) in [5, 5.41) is 4.25. The second-order valence-corrected chi connectivity index (χ2v) is 7.72. The molecule has 2 aromatic rings. The van der Waals surface area contributed by atoms with Gasteiger partial charge in [-0.3, -0.25) is 9.59 Å². The molecule has 0 radical (unpaired) electrons. The van der Waals surface area contributed by atoms with Gasteiger partial charge >= 0.3 is 5.97 Å². The van der Waals surface area contributed by atoms with Gasteiger partial charge in [0.05, 0.1) is 0 Å². The number of aromatic nitrogens is 1. The first-order valence-electron chi connectivity index (χ1n) is 10.1. The van der Waals surface area contributed by atoms with E-state index in [9.17, 15) is 9.59 Å². The predicted octanol–water partition coefficient (Wildman–Crippen LogP) is 4.12. The van der Waals surface area contributed by atoms with Crippen LogP contribution in [0.4, 0.5) is 0 Å². The van der Waals surface area contributed by atoms with Gasteiger partial charge in [-0.15, -0.1) is 0 Å². The summed E-state index contributed by atoms with van der Waals surface area (Å²) in [6.07, 6.45) is 7.62. The van der Waals surface area contributed by atoms with Gasteiger partial charge in [-0.2, -0.15) is 0 Å². The molecule has 1 amide bonds. The highest BCUT2D eigenvalue weighted by atomic mass is 16.5.